The van der Waals surface area contributed by atoms with E-state index in [4.69, 9.17) is 34.9 Å². The Morgan fingerprint density at radius 1 is 0.534 bits per heavy atom. The second-order valence-corrected chi connectivity index (χ2v) is 17.3. The second kappa shape index (κ2) is 17.0. The first-order valence-electron chi connectivity index (χ1n) is 22.4. The lowest BCUT2D eigenvalue weighted by molar-refractivity contribution is -0.173. The summed E-state index contributed by atoms with van der Waals surface area (Å²) >= 11 is 0. The van der Waals surface area contributed by atoms with Gasteiger partial charge in [-0.05, 0) is 78.7 Å². The minimum atomic E-state index is -5.12. The van der Waals surface area contributed by atoms with Gasteiger partial charge in [0, 0.05) is 69.6 Å². The van der Waals surface area contributed by atoms with Crippen molar-refractivity contribution in [2.75, 3.05) is 24.7 Å². The molecule has 2 amide bonds. The minimum Gasteiger partial charge on any atom is -0.478 e. The van der Waals surface area contributed by atoms with Crippen molar-refractivity contribution < 1.29 is 42.6 Å². The number of hydrogen-bond acceptors (Lipinski definition) is 12. The third-order valence-corrected chi connectivity index (χ3v) is 13.2. The Morgan fingerprint density at radius 2 is 1.03 bits per heavy atom. The van der Waals surface area contributed by atoms with Crippen molar-refractivity contribution in [3.8, 4) is 0 Å². The molecule has 4 aliphatic heterocycles. The van der Waals surface area contributed by atoms with E-state index in [1.165, 1.54) is 13.1 Å². The second-order valence-electron chi connectivity index (χ2n) is 17.3. The van der Waals surface area contributed by atoms with E-state index in [-0.39, 0.29) is 17.4 Å². The van der Waals surface area contributed by atoms with Gasteiger partial charge in [-0.2, -0.15) is 13.2 Å². The number of alkyl halides is 3. The number of aromatic nitrogens is 1. The molecule has 73 heavy (non-hydrogen) atoms. The highest BCUT2D eigenvalue weighted by atomic mass is 19.4. The number of carbonyl (C=O) groups excluding carboxylic acids is 2. The predicted octanol–water partition coefficient (Wildman–Crippen LogP) is 7.21. The van der Waals surface area contributed by atoms with Gasteiger partial charge >= 0.3 is 18.1 Å². The summed E-state index contributed by atoms with van der Waals surface area (Å²) in [7, 11) is 3.02. The molecular weight excluding hydrogens is 944 g/mol. The third-order valence-electron chi connectivity index (χ3n) is 13.2. The molecule has 11 rings (SSSR count). The fourth-order valence-electron chi connectivity index (χ4n) is 9.28. The number of nitrogens with one attached hydrogen (secondary N) is 4. The van der Waals surface area contributed by atoms with Crippen LogP contribution in [0.3, 0.4) is 0 Å². The molecule has 7 aromatic rings. The molecule has 2 atom stereocenters. The summed E-state index contributed by atoms with van der Waals surface area (Å²) in [6.45, 7) is 0.789. The summed E-state index contributed by atoms with van der Waals surface area (Å²) in [6, 6.07) is 30.7. The molecule has 0 saturated heterocycles. The summed E-state index contributed by atoms with van der Waals surface area (Å²) in [5.74, 6) is -3.57. The normalized spacial score (nSPS) is 15.9. The van der Waals surface area contributed by atoms with E-state index in [0.29, 0.717) is 45.0 Å². The Kier molecular flexibility index (Phi) is 10.6. The van der Waals surface area contributed by atoms with Gasteiger partial charge in [-0.1, -0.05) is 60.7 Å². The Balaban J connectivity index is 1.04. The van der Waals surface area contributed by atoms with Crippen molar-refractivity contribution >= 4 is 75.1 Å². The lowest BCUT2D eigenvalue weighted by atomic mass is 9.74. The number of carbonyl (C=O) groups is 4. The molecule has 2 unspecified atom stereocenters. The minimum absolute atomic E-state index is 0.0992. The summed E-state index contributed by atoms with van der Waals surface area (Å²) in [5, 5.41) is 29.4. The van der Waals surface area contributed by atoms with Gasteiger partial charge in [0.05, 0.1) is 22.3 Å². The van der Waals surface area contributed by atoms with Crippen LogP contribution >= 0.6 is 0 Å². The van der Waals surface area contributed by atoms with Gasteiger partial charge in [0.15, 0.2) is 35.3 Å². The molecule has 6 N–H and O–H groups in total. The summed E-state index contributed by atoms with van der Waals surface area (Å²) in [4.78, 5) is 89.9. The van der Waals surface area contributed by atoms with E-state index in [1.807, 2.05) is 73.8 Å². The molecule has 1 aromatic heterocycles. The summed E-state index contributed by atoms with van der Waals surface area (Å²) < 4.78 is 46.3. The predicted molar refractivity (Wildman–Crippen MR) is 266 cm³/mol. The molecule has 5 heterocycles. The highest BCUT2D eigenvalue weighted by Gasteiger charge is 2.54. The van der Waals surface area contributed by atoms with E-state index in [0.717, 1.165) is 76.6 Å². The van der Waals surface area contributed by atoms with Crippen molar-refractivity contribution in [2.24, 2.45) is 34.9 Å². The molecule has 0 fully saturated rings. The average Bonchev–Trinajstić information content (AvgIpc) is 4.12. The van der Waals surface area contributed by atoms with Crippen LogP contribution < -0.4 is 26.9 Å². The fourth-order valence-corrected chi connectivity index (χ4v) is 9.28. The third kappa shape index (κ3) is 7.54. The molecule has 8 bridgehead atoms. The smallest absolute Gasteiger partial charge is 0.402 e. The molecule has 4 aliphatic rings. The highest BCUT2D eigenvalue weighted by molar-refractivity contribution is 6.27. The van der Waals surface area contributed by atoms with Gasteiger partial charge in [0.25, 0.3) is 11.8 Å². The Labute approximate surface area is 410 Å². The van der Waals surface area contributed by atoms with E-state index in [2.05, 4.69) is 20.9 Å². The van der Waals surface area contributed by atoms with Crippen LogP contribution in [0.25, 0.3) is 10.8 Å². The van der Waals surface area contributed by atoms with Crippen molar-refractivity contribution in [3.05, 3.63) is 199 Å². The number of carboxylic acid groups (broad SMARTS) is 2. The number of aliphatic imine (C=N–C) groups is 5. The SMILES string of the molecule is CNC(=O)c1cc(C(C)(c2ccc(C(=O)O)c(C(=O)Nc3ccc4c(c3)C3=NC4=NC4N=C(N=C5N=C(N=c6[nH]c(c7ccccc67)=N3)c3ccc(NC)cc35)c3ccccc34)c2)C(F)(F)F)ccc1C(=O)O. The maximum Gasteiger partial charge on any atom is 0.402 e. The first-order valence-corrected chi connectivity index (χ1v) is 22.4. The van der Waals surface area contributed by atoms with Gasteiger partial charge in [-0.3, -0.25) is 9.59 Å². The van der Waals surface area contributed by atoms with Crippen LogP contribution in [0.1, 0.15) is 99.0 Å². The molecule has 360 valence electrons. The van der Waals surface area contributed by atoms with Crippen LogP contribution in [0.15, 0.2) is 156 Å². The van der Waals surface area contributed by atoms with Crippen LogP contribution in [0.2, 0.25) is 0 Å². The van der Waals surface area contributed by atoms with Gasteiger partial charge in [-0.25, -0.2) is 44.5 Å². The average molecular weight is 980 g/mol. The number of carboxylic acids is 2. The molecule has 17 nitrogen and oxygen atoms in total. The molecule has 0 aliphatic carbocycles. The Hall–Kier alpha value is -9.72. The number of fused-ring (bicyclic) bond motifs is 17. The van der Waals surface area contributed by atoms with Crippen LogP contribution in [-0.2, 0) is 5.41 Å². The number of hydrogen-bond donors (Lipinski definition) is 6. The number of anilines is 2. The number of aromatic amines is 1. The van der Waals surface area contributed by atoms with Crippen molar-refractivity contribution in [3.63, 3.8) is 0 Å². The monoisotopic (exact) mass is 979 g/mol. The van der Waals surface area contributed by atoms with Crippen LogP contribution in [0, 0.1) is 0 Å². The number of benzene rings is 6. The Bertz CT molecular complexity index is 3950. The van der Waals surface area contributed by atoms with Gasteiger partial charge in [-0.15, -0.1) is 0 Å². The first kappa shape index (κ1) is 45.7. The largest absolute Gasteiger partial charge is 0.478 e. The molecule has 0 saturated carbocycles. The molecule has 6 aromatic carbocycles. The van der Waals surface area contributed by atoms with E-state index >= 15 is 13.2 Å². The van der Waals surface area contributed by atoms with Crippen molar-refractivity contribution in [1.82, 2.24) is 10.3 Å². The number of nitrogens with zero attached hydrogens (tertiary/aromatic N) is 7. The number of H-pyrrole nitrogens is 1. The summed E-state index contributed by atoms with van der Waals surface area (Å²) in [5.41, 5.74) is -0.782. The number of amidine groups is 5. The van der Waals surface area contributed by atoms with E-state index < -0.39 is 74.9 Å². The maximum atomic E-state index is 15.4. The van der Waals surface area contributed by atoms with Crippen LogP contribution in [-0.4, -0.2) is 88.4 Å². The van der Waals surface area contributed by atoms with E-state index in [9.17, 15) is 29.4 Å². The van der Waals surface area contributed by atoms with Gasteiger partial charge in [0.2, 0.25) is 0 Å². The zero-order valence-corrected chi connectivity index (χ0v) is 38.4. The zero-order chi connectivity index (χ0) is 51.1. The molecule has 0 radical (unpaired) electrons. The first-order chi connectivity index (χ1) is 35.0. The van der Waals surface area contributed by atoms with Crippen molar-refractivity contribution in [2.45, 2.75) is 24.7 Å². The summed E-state index contributed by atoms with van der Waals surface area (Å²) in [6.07, 6.45) is -5.93. The van der Waals surface area contributed by atoms with Gasteiger partial charge < -0.3 is 31.1 Å². The van der Waals surface area contributed by atoms with Crippen molar-refractivity contribution in [1.29, 1.82) is 0 Å². The zero-order valence-electron chi connectivity index (χ0n) is 38.4. The lowest BCUT2D eigenvalue weighted by Crippen LogP contribution is -2.41. The number of halogens is 3. The van der Waals surface area contributed by atoms with E-state index in [1.54, 1.807) is 12.1 Å². The van der Waals surface area contributed by atoms with Crippen LogP contribution in [0.4, 0.5) is 24.5 Å². The maximum absolute atomic E-state index is 15.4. The highest BCUT2D eigenvalue weighted by Crippen LogP contribution is 2.47. The van der Waals surface area contributed by atoms with Gasteiger partial charge in [0.1, 0.15) is 16.4 Å². The Morgan fingerprint density at radius 3 is 1.60 bits per heavy atom. The molecule has 20 heteroatoms. The number of amides is 2. The lowest BCUT2D eigenvalue weighted by Gasteiger charge is -2.34. The number of aromatic carboxylic acids is 2. The quantitative estimate of drug-likeness (QED) is 0.0912. The fraction of sp³-hybridized carbons (Fsp3) is 0.113. The molecular formula is C53H36F3N11O6. The topological polar surface area (TPSA) is 247 Å². The standard InChI is InChI=1S/C53H36F3N11O6/c1-52(53(54,55)56,24-12-16-34(50(70)71)38(20-24)48(68)58-3)25-13-17-35(51(72)73)39(21-25)49(69)59-27-15-19-33-37(23-27)47-65-43-31-11-7-5-9-29(31)40(61-43)62-44-32-18-14-26(57-2)22-36(32)46(66-44)64-42-30-10-6-4-8-28(30)41(60-42)63-45(33)67-47/h4-23,41,57H,1-3H3,(H,58,68)(H,59,69)(H,70,71)(H,72,73)(H,60,61,62,63,64,65,66,67). The van der Waals surface area contributed by atoms with Crippen LogP contribution in [0.5, 0.6) is 0 Å². The number of rotatable bonds is 8. The molecule has 0 spiro atoms.